The van der Waals surface area contributed by atoms with Crippen LogP contribution in [-0.4, -0.2) is 16.7 Å². The minimum Gasteiger partial charge on any atom is -0.508 e. The smallest absolute Gasteiger partial charge is 0.244 e. The zero-order chi connectivity index (χ0) is 21.0. The summed E-state index contributed by atoms with van der Waals surface area (Å²) in [4.78, 5) is 13.1. The molecule has 1 saturated carbocycles. The predicted octanol–water partition coefficient (Wildman–Crippen LogP) is 5.02. The normalized spacial score (nSPS) is 17.4. The van der Waals surface area contributed by atoms with E-state index in [1.54, 1.807) is 12.1 Å². The first-order chi connectivity index (χ1) is 14.6. The van der Waals surface area contributed by atoms with Crippen molar-refractivity contribution in [1.29, 1.82) is 0 Å². The number of carbonyl (C=O) groups excluding carboxylic acids is 1. The zero-order valence-electron chi connectivity index (χ0n) is 17.1. The lowest BCUT2D eigenvalue weighted by Gasteiger charge is -2.18. The highest BCUT2D eigenvalue weighted by Crippen LogP contribution is 2.58. The fourth-order valence-corrected chi connectivity index (χ4v) is 4.21. The molecular formula is C26H26N2O2. The van der Waals surface area contributed by atoms with Gasteiger partial charge in [-0.3, -0.25) is 4.79 Å². The molecule has 152 valence electrons. The van der Waals surface area contributed by atoms with Crippen molar-refractivity contribution >= 4 is 11.6 Å². The summed E-state index contributed by atoms with van der Waals surface area (Å²) in [6.07, 6.45) is 2.43. The molecule has 0 saturated heterocycles. The van der Waals surface area contributed by atoms with E-state index in [-0.39, 0.29) is 23.0 Å². The van der Waals surface area contributed by atoms with Crippen LogP contribution in [0.1, 0.15) is 42.9 Å². The van der Waals surface area contributed by atoms with E-state index in [1.807, 2.05) is 48.5 Å². The number of hydrogen-bond donors (Lipinski definition) is 2. The summed E-state index contributed by atoms with van der Waals surface area (Å²) < 4.78 is 0. The minimum absolute atomic E-state index is 0.0601. The van der Waals surface area contributed by atoms with E-state index in [9.17, 15) is 9.90 Å². The van der Waals surface area contributed by atoms with Gasteiger partial charge in [-0.15, -0.1) is 0 Å². The molecule has 0 aromatic heterocycles. The number of phenolic OH excluding ortho intramolecular Hbond substituents is 1. The topological polar surface area (TPSA) is 61.7 Å². The number of aromatic hydroxyl groups is 1. The Morgan fingerprint density at radius 3 is 2.07 bits per heavy atom. The Morgan fingerprint density at radius 1 is 0.967 bits per heavy atom. The second kappa shape index (κ2) is 8.54. The van der Waals surface area contributed by atoms with Crippen LogP contribution in [0.15, 0.2) is 90.0 Å². The quantitative estimate of drug-likeness (QED) is 0.434. The third kappa shape index (κ3) is 3.86. The number of benzene rings is 3. The van der Waals surface area contributed by atoms with Crippen molar-refractivity contribution in [2.75, 3.05) is 0 Å². The largest absolute Gasteiger partial charge is 0.508 e. The molecule has 4 nitrogen and oxygen atoms in total. The molecule has 4 rings (SSSR count). The van der Waals surface area contributed by atoms with Crippen LogP contribution in [-0.2, 0) is 10.2 Å². The third-order valence-corrected chi connectivity index (χ3v) is 5.84. The Morgan fingerprint density at radius 2 is 1.53 bits per heavy atom. The monoisotopic (exact) mass is 398 g/mol. The summed E-state index contributed by atoms with van der Waals surface area (Å²) in [5.74, 6) is -0.00375. The number of nitrogens with zero attached hydrogens (tertiary/aromatic N) is 1. The Bertz CT molecular complexity index is 988. The average Bonchev–Trinajstić information content (AvgIpc) is 3.55. The molecule has 3 aromatic carbocycles. The Kier molecular flexibility index (Phi) is 5.66. The van der Waals surface area contributed by atoms with E-state index in [2.05, 4.69) is 41.7 Å². The van der Waals surface area contributed by atoms with Crippen LogP contribution in [0.2, 0.25) is 0 Å². The first kappa shape index (κ1) is 19.9. The molecule has 2 N–H and O–H groups in total. The maximum absolute atomic E-state index is 13.1. The fraction of sp³-hybridized carbons (Fsp3) is 0.231. The fourth-order valence-electron chi connectivity index (χ4n) is 4.21. The first-order valence-corrected chi connectivity index (χ1v) is 10.4. The summed E-state index contributed by atoms with van der Waals surface area (Å²) >= 11 is 0. The molecule has 1 aliphatic carbocycles. The summed E-state index contributed by atoms with van der Waals surface area (Å²) in [5.41, 5.74) is 6.57. The van der Waals surface area contributed by atoms with Gasteiger partial charge in [-0.25, -0.2) is 5.43 Å². The van der Waals surface area contributed by atoms with Crippen LogP contribution >= 0.6 is 0 Å². The van der Waals surface area contributed by atoms with Crippen LogP contribution in [0.3, 0.4) is 0 Å². The summed E-state index contributed by atoms with van der Waals surface area (Å²) in [7, 11) is 0. The molecule has 1 amide bonds. The van der Waals surface area contributed by atoms with E-state index in [0.717, 1.165) is 41.7 Å². The highest BCUT2D eigenvalue weighted by Gasteiger charge is 2.60. The van der Waals surface area contributed by atoms with Gasteiger partial charge in [0.15, 0.2) is 0 Å². The van der Waals surface area contributed by atoms with Gasteiger partial charge in [0.2, 0.25) is 5.91 Å². The Balaban J connectivity index is 1.58. The number of hydrazone groups is 1. The van der Waals surface area contributed by atoms with Crippen LogP contribution < -0.4 is 5.43 Å². The number of phenols is 1. The second-order valence-corrected chi connectivity index (χ2v) is 7.79. The lowest BCUT2D eigenvalue weighted by molar-refractivity contribution is -0.122. The molecule has 1 aliphatic rings. The molecule has 4 heteroatoms. The molecule has 0 spiro atoms. The minimum atomic E-state index is -0.300. The average molecular weight is 399 g/mol. The molecule has 1 fully saturated rings. The van der Waals surface area contributed by atoms with E-state index in [1.165, 1.54) is 0 Å². The zero-order valence-corrected chi connectivity index (χ0v) is 17.1. The van der Waals surface area contributed by atoms with Gasteiger partial charge in [0.05, 0.1) is 11.6 Å². The van der Waals surface area contributed by atoms with Crippen molar-refractivity contribution in [3.63, 3.8) is 0 Å². The summed E-state index contributed by atoms with van der Waals surface area (Å²) in [6, 6.07) is 27.4. The number of nitrogens with one attached hydrogen (secondary N) is 1. The third-order valence-electron chi connectivity index (χ3n) is 5.84. The van der Waals surface area contributed by atoms with Gasteiger partial charge < -0.3 is 5.11 Å². The number of amides is 1. The molecule has 0 radical (unpaired) electrons. The van der Waals surface area contributed by atoms with Crippen LogP contribution in [0.5, 0.6) is 5.75 Å². The van der Waals surface area contributed by atoms with Gasteiger partial charge in [0.25, 0.3) is 0 Å². The van der Waals surface area contributed by atoms with E-state index < -0.39 is 0 Å². The SMILES string of the molecule is CCCC(=NNC(=O)C1CC1(c1ccccc1)c1ccccc1)c1ccc(O)cc1. The summed E-state index contributed by atoms with van der Waals surface area (Å²) in [6.45, 7) is 2.08. The van der Waals surface area contributed by atoms with Crippen molar-refractivity contribution in [3.05, 3.63) is 102 Å². The van der Waals surface area contributed by atoms with Crippen molar-refractivity contribution in [2.45, 2.75) is 31.6 Å². The standard InChI is InChI=1S/C26H26N2O2/c1-2-9-24(19-14-16-22(29)17-15-19)27-28-25(30)23-18-26(23,20-10-5-3-6-11-20)21-12-7-4-8-13-21/h3-8,10-17,23,29H,2,9,18H2,1H3,(H,28,30). The van der Waals surface area contributed by atoms with Gasteiger partial charge in [0.1, 0.15) is 5.75 Å². The molecule has 1 unspecified atom stereocenters. The van der Waals surface area contributed by atoms with Crippen molar-refractivity contribution in [2.24, 2.45) is 11.0 Å². The number of carbonyl (C=O) groups is 1. The molecular weight excluding hydrogens is 372 g/mol. The van der Waals surface area contributed by atoms with Gasteiger partial charge in [0, 0.05) is 5.41 Å². The summed E-state index contributed by atoms with van der Waals surface area (Å²) in [5, 5.41) is 14.0. The molecule has 3 aromatic rings. The Labute approximate surface area is 177 Å². The van der Waals surface area contributed by atoms with Crippen LogP contribution in [0, 0.1) is 5.92 Å². The lowest BCUT2D eigenvalue weighted by atomic mass is 9.85. The van der Waals surface area contributed by atoms with Crippen molar-refractivity contribution < 1.29 is 9.90 Å². The number of hydrogen-bond acceptors (Lipinski definition) is 3. The van der Waals surface area contributed by atoms with E-state index in [0.29, 0.717) is 0 Å². The number of rotatable bonds is 7. The second-order valence-electron chi connectivity index (χ2n) is 7.79. The molecule has 30 heavy (non-hydrogen) atoms. The Hall–Kier alpha value is -3.40. The van der Waals surface area contributed by atoms with Crippen LogP contribution in [0.25, 0.3) is 0 Å². The molecule has 0 heterocycles. The molecule has 1 atom stereocenters. The maximum Gasteiger partial charge on any atom is 0.244 e. The van der Waals surface area contributed by atoms with E-state index in [4.69, 9.17) is 0 Å². The first-order valence-electron chi connectivity index (χ1n) is 10.4. The highest BCUT2D eigenvalue weighted by molar-refractivity contribution is 6.01. The van der Waals surface area contributed by atoms with Crippen LogP contribution in [0.4, 0.5) is 0 Å². The lowest BCUT2D eigenvalue weighted by Crippen LogP contribution is -2.26. The highest BCUT2D eigenvalue weighted by atomic mass is 16.3. The van der Waals surface area contributed by atoms with Gasteiger partial charge in [-0.1, -0.05) is 74.0 Å². The molecule has 0 aliphatic heterocycles. The van der Waals surface area contributed by atoms with Crippen molar-refractivity contribution in [3.8, 4) is 5.75 Å². The van der Waals surface area contributed by atoms with Crippen molar-refractivity contribution in [1.82, 2.24) is 5.43 Å². The molecule has 0 bridgehead atoms. The van der Waals surface area contributed by atoms with Gasteiger partial charge >= 0.3 is 0 Å². The maximum atomic E-state index is 13.1. The predicted molar refractivity (Wildman–Crippen MR) is 119 cm³/mol. The van der Waals surface area contributed by atoms with Gasteiger partial charge in [-0.05, 0) is 53.8 Å². The van der Waals surface area contributed by atoms with Gasteiger partial charge in [-0.2, -0.15) is 5.10 Å². The van der Waals surface area contributed by atoms with E-state index >= 15 is 0 Å².